The van der Waals surface area contributed by atoms with Crippen molar-refractivity contribution < 1.29 is 13.2 Å². The van der Waals surface area contributed by atoms with E-state index in [1.165, 1.54) is 6.42 Å². The molecule has 0 amide bonds. The van der Waals surface area contributed by atoms with Gasteiger partial charge >= 0.3 is 0 Å². The summed E-state index contributed by atoms with van der Waals surface area (Å²) < 4.78 is 25.8. The molecule has 2 aliphatic carbocycles. The third-order valence-electron chi connectivity index (χ3n) is 7.26. The second kappa shape index (κ2) is 5.98. The Morgan fingerprint density at radius 2 is 1.75 bits per heavy atom. The molecule has 2 saturated carbocycles. The molecule has 1 aromatic carbocycles. The van der Waals surface area contributed by atoms with E-state index in [-0.39, 0.29) is 28.3 Å². The highest BCUT2D eigenvalue weighted by atomic mass is 32.2. The molecule has 2 aliphatic rings. The summed E-state index contributed by atoms with van der Waals surface area (Å²) in [6.45, 7) is 6.73. The van der Waals surface area contributed by atoms with Gasteiger partial charge in [0, 0.05) is 12.3 Å². The van der Waals surface area contributed by atoms with Crippen molar-refractivity contribution in [3.05, 3.63) is 30.3 Å². The monoisotopic (exact) mass is 348 g/mol. The number of carbonyl (C=O) groups is 1. The zero-order chi connectivity index (χ0) is 17.6. The summed E-state index contributed by atoms with van der Waals surface area (Å²) in [5.41, 5.74) is -0.169. The number of hydrogen-bond donors (Lipinski definition) is 0. The first-order valence-corrected chi connectivity index (χ1v) is 10.7. The van der Waals surface area contributed by atoms with Gasteiger partial charge in [-0.1, -0.05) is 51.8 Å². The van der Waals surface area contributed by atoms with Crippen LogP contribution in [0.1, 0.15) is 52.9 Å². The lowest BCUT2D eigenvalue weighted by atomic mass is 9.45. The molecule has 3 nitrogen and oxygen atoms in total. The summed E-state index contributed by atoms with van der Waals surface area (Å²) in [5.74, 6) is 0.244. The molecule has 132 valence electrons. The number of carbonyl (C=O) groups excluding carboxylic acids is 1. The van der Waals surface area contributed by atoms with Crippen molar-refractivity contribution in [1.29, 1.82) is 0 Å². The van der Waals surface area contributed by atoms with Gasteiger partial charge in [0.15, 0.2) is 9.84 Å². The third kappa shape index (κ3) is 2.63. The second-order valence-corrected chi connectivity index (χ2v) is 10.3. The summed E-state index contributed by atoms with van der Waals surface area (Å²) in [6, 6.07) is 8.56. The molecular formula is C20H28O3S. The zero-order valence-electron chi connectivity index (χ0n) is 14.9. The fourth-order valence-corrected chi connectivity index (χ4v) is 6.94. The molecule has 0 bridgehead atoms. The first-order chi connectivity index (χ1) is 11.2. The quantitative estimate of drug-likeness (QED) is 0.819. The summed E-state index contributed by atoms with van der Waals surface area (Å²) >= 11 is 0. The van der Waals surface area contributed by atoms with Gasteiger partial charge in [-0.25, -0.2) is 8.42 Å². The average molecular weight is 349 g/mol. The topological polar surface area (TPSA) is 51.2 Å². The maximum Gasteiger partial charge on any atom is 0.179 e. The molecule has 0 radical (unpaired) electrons. The van der Waals surface area contributed by atoms with Crippen molar-refractivity contribution in [2.75, 3.05) is 5.75 Å². The van der Waals surface area contributed by atoms with E-state index in [0.29, 0.717) is 17.2 Å². The lowest BCUT2D eigenvalue weighted by Crippen LogP contribution is -2.56. The Kier molecular flexibility index (Phi) is 4.40. The van der Waals surface area contributed by atoms with E-state index in [9.17, 15) is 13.2 Å². The van der Waals surface area contributed by atoms with Gasteiger partial charge in [0.1, 0.15) is 5.78 Å². The number of ketones is 1. The lowest BCUT2D eigenvalue weighted by molar-refractivity contribution is -0.149. The highest BCUT2D eigenvalue weighted by Gasteiger charge is 2.58. The predicted molar refractivity (Wildman–Crippen MR) is 95.5 cm³/mol. The number of hydrogen-bond acceptors (Lipinski definition) is 3. The van der Waals surface area contributed by atoms with E-state index in [1.807, 2.05) is 6.07 Å². The summed E-state index contributed by atoms with van der Waals surface area (Å²) in [7, 11) is -3.45. The molecule has 1 aromatic rings. The van der Waals surface area contributed by atoms with Crippen molar-refractivity contribution in [2.45, 2.75) is 57.8 Å². The van der Waals surface area contributed by atoms with Gasteiger partial charge in [0.25, 0.3) is 0 Å². The minimum absolute atomic E-state index is 0.0470. The first kappa shape index (κ1) is 17.7. The normalized spacial score (nSPS) is 37.0. The highest BCUT2D eigenvalue weighted by molar-refractivity contribution is 7.91. The van der Waals surface area contributed by atoms with Crippen LogP contribution in [0.3, 0.4) is 0 Å². The van der Waals surface area contributed by atoms with E-state index in [4.69, 9.17) is 0 Å². The highest BCUT2D eigenvalue weighted by Crippen LogP contribution is 2.62. The predicted octanol–water partition coefficient (Wildman–Crippen LogP) is 4.27. The lowest BCUT2D eigenvalue weighted by Gasteiger charge is -2.59. The fraction of sp³-hybridized carbons (Fsp3) is 0.650. The van der Waals surface area contributed by atoms with E-state index in [1.54, 1.807) is 24.3 Å². The molecule has 0 aliphatic heterocycles. The number of benzene rings is 1. The van der Waals surface area contributed by atoms with Crippen molar-refractivity contribution in [3.8, 4) is 0 Å². The van der Waals surface area contributed by atoms with Gasteiger partial charge < -0.3 is 0 Å². The van der Waals surface area contributed by atoms with Crippen LogP contribution < -0.4 is 0 Å². The number of fused-ring (bicyclic) bond motifs is 1. The van der Waals surface area contributed by atoms with Crippen molar-refractivity contribution in [2.24, 2.45) is 22.7 Å². The Bertz CT molecular complexity index is 725. The molecule has 0 heterocycles. The van der Waals surface area contributed by atoms with Gasteiger partial charge in [-0.3, -0.25) is 4.79 Å². The van der Waals surface area contributed by atoms with E-state index in [0.717, 1.165) is 19.3 Å². The molecule has 0 N–H and O–H groups in total. The van der Waals surface area contributed by atoms with Gasteiger partial charge in [0.05, 0.1) is 10.6 Å². The Morgan fingerprint density at radius 3 is 2.42 bits per heavy atom. The Hall–Kier alpha value is -1.16. The third-order valence-corrected chi connectivity index (χ3v) is 9.03. The van der Waals surface area contributed by atoms with Crippen LogP contribution in [0.4, 0.5) is 0 Å². The number of rotatable bonds is 3. The maximum atomic E-state index is 12.9. The van der Waals surface area contributed by atoms with Gasteiger partial charge in [-0.15, -0.1) is 0 Å². The summed E-state index contributed by atoms with van der Waals surface area (Å²) in [4.78, 5) is 13.1. The SMILES string of the molecule is C[C@@H]1CCC[C@@]2(C)[C@H](CS(=O)(=O)c3ccccc3)C(=O)CC[C@@]12C. The average Bonchev–Trinajstić information content (AvgIpc) is 2.55. The smallest absolute Gasteiger partial charge is 0.179 e. The van der Waals surface area contributed by atoms with Crippen LogP contribution in [0.25, 0.3) is 0 Å². The van der Waals surface area contributed by atoms with Crippen LogP contribution in [0.15, 0.2) is 35.2 Å². The molecular weight excluding hydrogens is 320 g/mol. The van der Waals surface area contributed by atoms with Crippen LogP contribution in [0.5, 0.6) is 0 Å². The summed E-state index contributed by atoms with van der Waals surface area (Å²) in [5, 5.41) is 0. The zero-order valence-corrected chi connectivity index (χ0v) is 15.7. The molecule has 2 fully saturated rings. The minimum atomic E-state index is -3.45. The molecule has 0 saturated heterocycles. The van der Waals surface area contributed by atoms with E-state index >= 15 is 0 Å². The standard InChI is InChI=1S/C20H28O3S/c1-15-8-7-12-20(3)17(18(21)11-13-19(15,20)2)14-24(22,23)16-9-5-4-6-10-16/h4-6,9-10,15,17H,7-8,11-14H2,1-3H3/t15-,17-,19+,20+/m1/s1. The van der Waals surface area contributed by atoms with E-state index in [2.05, 4.69) is 20.8 Å². The van der Waals surface area contributed by atoms with Crippen molar-refractivity contribution >= 4 is 15.6 Å². The Labute approximate surface area is 145 Å². The van der Waals surface area contributed by atoms with Crippen LogP contribution in [-0.2, 0) is 14.6 Å². The Balaban J connectivity index is 1.98. The Morgan fingerprint density at radius 1 is 1.08 bits per heavy atom. The van der Waals surface area contributed by atoms with Crippen molar-refractivity contribution in [3.63, 3.8) is 0 Å². The molecule has 24 heavy (non-hydrogen) atoms. The van der Waals surface area contributed by atoms with Crippen LogP contribution in [-0.4, -0.2) is 20.0 Å². The summed E-state index contributed by atoms with van der Waals surface area (Å²) in [6.07, 6.45) is 4.63. The molecule has 4 atom stereocenters. The van der Waals surface area contributed by atoms with Crippen LogP contribution >= 0.6 is 0 Å². The fourth-order valence-electron chi connectivity index (χ4n) is 5.18. The van der Waals surface area contributed by atoms with Crippen molar-refractivity contribution in [1.82, 2.24) is 0 Å². The minimum Gasteiger partial charge on any atom is -0.299 e. The van der Waals surface area contributed by atoms with Gasteiger partial charge in [0.2, 0.25) is 0 Å². The molecule has 3 rings (SSSR count). The molecule has 4 heteroatoms. The maximum absolute atomic E-state index is 12.9. The number of Topliss-reactive ketones (excluding diaryl/α,β-unsaturated/α-hetero) is 1. The first-order valence-electron chi connectivity index (χ1n) is 9.01. The van der Waals surface area contributed by atoms with Crippen LogP contribution in [0, 0.1) is 22.7 Å². The van der Waals surface area contributed by atoms with Gasteiger partial charge in [-0.2, -0.15) is 0 Å². The molecule has 0 spiro atoms. The second-order valence-electron chi connectivity index (χ2n) is 8.24. The van der Waals surface area contributed by atoms with Crippen LogP contribution in [0.2, 0.25) is 0 Å². The molecule has 0 aromatic heterocycles. The number of sulfone groups is 1. The van der Waals surface area contributed by atoms with E-state index < -0.39 is 9.84 Å². The molecule has 0 unspecified atom stereocenters. The van der Waals surface area contributed by atoms with Gasteiger partial charge in [-0.05, 0) is 41.7 Å². The largest absolute Gasteiger partial charge is 0.299 e.